The van der Waals surface area contributed by atoms with Crippen LogP contribution in [0.2, 0.25) is 0 Å². The zero-order chi connectivity index (χ0) is 39.8. The van der Waals surface area contributed by atoms with Crippen LogP contribution < -0.4 is 4.90 Å². The molecule has 0 N–H and O–H groups in total. The van der Waals surface area contributed by atoms with Gasteiger partial charge in [0.15, 0.2) is 17.5 Å². The number of anilines is 3. The van der Waals surface area contributed by atoms with Crippen LogP contribution in [0.5, 0.6) is 0 Å². The second-order valence-electron chi connectivity index (χ2n) is 17.4. The smallest absolute Gasteiger partial charge is 0.164 e. The Morgan fingerprint density at radius 3 is 1.21 bits per heavy atom. The molecule has 0 fully saturated rings. The van der Waals surface area contributed by atoms with E-state index < -0.39 is 0 Å². The summed E-state index contributed by atoms with van der Waals surface area (Å²) >= 11 is 0. The second-order valence-corrected chi connectivity index (χ2v) is 17.4. The van der Waals surface area contributed by atoms with Gasteiger partial charge in [0.1, 0.15) is 0 Å². The fourth-order valence-corrected chi connectivity index (χ4v) is 9.51. The molecule has 282 valence electrons. The topological polar surface area (TPSA) is 41.9 Å². The van der Waals surface area contributed by atoms with Crippen LogP contribution in [0.25, 0.3) is 45.3 Å². The molecular formula is C54H46N4. The molecule has 0 bridgehead atoms. The maximum Gasteiger partial charge on any atom is 0.164 e. The lowest BCUT2D eigenvalue weighted by atomic mass is 9.59. The fraction of sp³-hybridized carbons (Fsp3) is 0.167. The molecule has 4 nitrogen and oxygen atoms in total. The molecule has 1 aromatic heterocycles. The Morgan fingerprint density at radius 1 is 0.310 bits per heavy atom. The lowest BCUT2D eigenvalue weighted by Crippen LogP contribution is -2.36. The maximum atomic E-state index is 5.08. The highest BCUT2D eigenvalue weighted by atomic mass is 15.2. The standard InChI is InChI=1S/C54H46N4/c1-52(2)41-31-27-38(35-25-29-40(30-26-35)58-47-23-15-13-21-43(47)53(3,4)44-22-14-16-24-48(44)58)33-45(41)54(5,6)46-34-39(28-32-42(46)52)51-56-49(36-17-9-7-10-18-36)55-50(57-51)37-19-11-8-12-20-37/h7-34H,1-6H3. The molecule has 8 aromatic rings. The van der Waals surface area contributed by atoms with Crippen molar-refractivity contribution in [3.8, 4) is 45.3 Å². The molecule has 0 amide bonds. The van der Waals surface area contributed by atoms with E-state index in [-0.39, 0.29) is 16.2 Å². The average molecular weight is 751 g/mol. The molecule has 4 heteroatoms. The molecule has 10 rings (SSSR count). The number of fused-ring (bicyclic) bond motifs is 4. The summed E-state index contributed by atoms with van der Waals surface area (Å²) in [7, 11) is 0. The van der Waals surface area contributed by atoms with Gasteiger partial charge in [-0.25, -0.2) is 15.0 Å². The first-order chi connectivity index (χ1) is 28.0. The van der Waals surface area contributed by atoms with Crippen molar-refractivity contribution >= 4 is 17.1 Å². The van der Waals surface area contributed by atoms with Crippen molar-refractivity contribution in [3.63, 3.8) is 0 Å². The zero-order valence-electron chi connectivity index (χ0n) is 34.0. The zero-order valence-corrected chi connectivity index (χ0v) is 34.0. The van der Waals surface area contributed by atoms with Crippen LogP contribution in [0.1, 0.15) is 74.9 Å². The van der Waals surface area contributed by atoms with E-state index in [4.69, 9.17) is 15.0 Å². The number of benzene rings is 7. The third kappa shape index (κ3) is 5.61. The first-order valence-electron chi connectivity index (χ1n) is 20.3. The van der Waals surface area contributed by atoms with Gasteiger partial charge in [-0.3, -0.25) is 0 Å². The summed E-state index contributed by atoms with van der Waals surface area (Å²) in [5.74, 6) is 2.01. The Bertz CT molecular complexity index is 2750. The molecular weight excluding hydrogens is 705 g/mol. The van der Waals surface area contributed by atoms with E-state index >= 15 is 0 Å². The summed E-state index contributed by atoms with van der Waals surface area (Å²) in [6.07, 6.45) is 0. The van der Waals surface area contributed by atoms with Crippen molar-refractivity contribution in [2.24, 2.45) is 0 Å². The maximum absolute atomic E-state index is 5.08. The quantitative estimate of drug-likeness (QED) is 0.176. The van der Waals surface area contributed by atoms with Crippen LogP contribution in [0.15, 0.2) is 170 Å². The van der Waals surface area contributed by atoms with Crippen LogP contribution in [-0.2, 0) is 16.2 Å². The Labute approximate surface area is 342 Å². The van der Waals surface area contributed by atoms with Crippen LogP contribution in [0, 0.1) is 0 Å². The molecule has 1 aliphatic carbocycles. The molecule has 2 aliphatic rings. The van der Waals surface area contributed by atoms with Gasteiger partial charge in [-0.2, -0.15) is 0 Å². The Kier molecular flexibility index (Phi) is 8.14. The van der Waals surface area contributed by atoms with Gasteiger partial charge >= 0.3 is 0 Å². The van der Waals surface area contributed by atoms with E-state index in [1.54, 1.807) is 0 Å². The van der Waals surface area contributed by atoms with Crippen LogP contribution in [0.4, 0.5) is 17.1 Å². The molecule has 7 aromatic carbocycles. The molecule has 0 unspecified atom stereocenters. The van der Waals surface area contributed by atoms with Gasteiger partial charge in [0, 0.05) is 38.6 Å². The monoisotopic (exact) mass is 750 g/mol. The van der Waals surface area contributed by atoms with E-state index in [2.05, 4.69) is 180 Å². The third-order valence-corrected chi connectivity index (χ3v) is 12.8. The average Bonchev–Trinajstić information content (AvgIpc) is 3.26. The van der Waals surface area contributed by atoms with Crippen LogP contribution in [0.3, 0.4) is 0 Å². The normalized spacial score (nSPS) is 15.4. The van der Waals surface area contributed by atoms with Gasteiger partial charge in [0.05, 0.1) is 11.4 Å². The number of rotatable bonds is 5. The molecule has 58 heavy (non-hydrogen) atoms. The summed E-state index contributed by atoms with van der Waals surface area (Å²) in [5, 5.41) is 0. The van der Waals surface area contributed by atoms with Gasteiger partial charge in [-0.15, -0.1) is 0 Å². The summed E-state index contributed by atoms with van der Waals surface area (Å²) in [4.78, 5) is 17.5. The summed E-state index contributed by atoms with van der Waals surface area (Å²) in [5.41, 5.74) is 16.4. The largest absolute Gasteiger partial charge is 0.310 e. The predicted octanol–water partition coefficient (Wildman–Crippen LogP) is 13.6. The SMILES string of the molecule is CC1(C)c2ccccc2N(c2ccc(-c3ccc4c(c3)C(C)(C)c3cc(-c5nc(-c6ccccc6)nc(-c6ccccc6)n5)ccc3C4(C)C)cc2)c2ccccc21. The lowest BCUT2D eigenvalue weighted by Gasteiger charge is -2.44. The molecule has 0 radical (unpaired) electrons. The van der Waals surface area contributed by atoms with Crippen molar-refractivity contribution in [1.82, 2.24) is 15.0 Å². The van der Waals surface area contributed by atoms with Crippen molar-refractivity contribution in [3.05, 3.63) is 203 Å². The van der Waals surface area contributed by atoms with E-state index in [0.29, 0.717) is 17.5 Å². The van der Waals surface area contributed by atoms with Crippen molar-refractivity contribution in [2.75, 3.05) is 4.90 Å². The molecule has 0 saturated carbocycles. The first kappa shape index (κ1) is 35.7. The Morgan fingerprint density at radius 2 is 0.690 bits per heavy atom. The number of para-hydroxylation sites is 2. The van der Waals surface area contributed by atoms with Gasteiger partial charge < -0.3 is 4.90 Å². The summed E-state index contributed by atoms with van der Waals surface area (Å²) < 4.78 is 0. The van der Waals surface area contributed by atoms with E-state index in [1.807, 2.05) is 36.4 Å². The van der Waals surface area contributed by atoms with E-state index in [1.165, 1.54) is 55.9 Å². The molecule has 0 spiro atoms. The highest BCUT2D eigenvalue weighted by Crippen LogP contribution is 2.53. The number of hydrogen-bond acceptors (Lipinski definition) is 4. The minimum Gasteiger partial charge on any atom is -0.310 e. The molecule has 2 heterocycles. The van der Waals surface area contributed by atoms with Crippen molar-refractivity contribution in [1.29, 1.82) is 0 Å². The highest BCUT2D eigenvalue weighted by Gasteiger charge is 2.42. The lowest BCUT2D eigenvalue weighted by molar-refractivity contribution is 0.521. The molecule has 1 aliphatic heterocycles. The minimum atomic E-state index is -0.280. The second kappa shape index (κ2) is 13.2. The van der Waals surface area contributed by atoms with Crippen molar-refractivity contribution in [2.45, 2.75) is 57.8 Å². The first-order valence-corrected chi connectivity index (χ1v) is 20.3. The van der Waals surface area contributed by atoms with Crippen LogP contribution in [-0.4, -0.2) is 15.0 Å². The van der Waals surface area contributed by atoms with E-state index in [0.717, 1.165) is 22.4 Å². The number of nitrogens with zero attached hydrogens (tertiary/aromatic N) is 4. The summed E-state index contributed by atoms with van der Waals surface area (Å²) in [6.45, 7) is 14.1. The fourth-order valence-electron chi connectivity index (χ4n) is 9.51. The Hall–Kier alpha value is -6.65. The molecule has 0 saturated heterocycles. The minimum absolute atomic E-state index is 0.0890. The van der Waals surface area contributed by atoms with Gasteiger partial charge in [-0.05, 0) is 80.9 Å². The van der Waals surface area contributed by atoms with Gasteiger partial charge in [0.2, 0.25) is 0 Å². The highest BCUT2D eigenvalue weighted by molar-refractivity contribution is 5.86. The Balaban J connectivity index is 1.04. The molecule has 0 atom stereocenters. The van der Waals surface area contributed by atoms with Gasteiger partial charge in [-0.1, -0.05) is 175 Å². The van der Waals surface area contributed by atoms with Crippen molar-refractivity contribution < 1.29 is 0 Å². The summed E-state index contributed by atoms with van der Waals surface area (Å²) in [6, 6.07) is 61.1. The number of aromatic nitrogens is 3. The number of hydrogen-bond donors (Lipinski definition) is 0. The van der Waals surface area contributed by atoms with E-state index in [9.17, 15) is 0 Å². The van der Waals surface area contributed by atoms with Gasteiger partial charge in [0.25, 0.3) is 0 Å². The van der Waals surface area contributed by atoms with Crippen LogP contribution >= 0.6 is 0 Å². The predicted molar refractivity (Wildman–Crippen MR) is 239 cm³/mol. The third-order valence-electron chi connectivity index (χ3n) is 12.8.